The van der Waals surface area contributed by atoms with Crippen LogP contribution in [0, 0.1) is 5.82 Å². The highest BCUT2D eigenvalue weighted by atomic mass is 35.5. The summed E-state index contributed by atoms with van der Waals surface area (Å²) in [4.78, 5) is 17.8. The minimum absolute atomic E-state index is 0.0675. The summed E-state index contributed by atoms with van der Waals surface area (Å²) in [5.41, 5.74) is 0.158. The third-order valence-corrected chi connectivity index (χ3v) is 3.70. The third-order valence-electron chi connectivity index (χ3n) is 3.40. The summed E-state index contributed by atoms with van der Waals surface area (Å²) < 4.78 is 13.2. The molecule has 0 bridgehead atoms. The smallest absolute Gasteiger partial charge is 0.257 e. The quantitative estimate of drug-likeness (QED) is 0.790. The number of hydrogen-bond acceptors (Lipinski definition) is 2. The summed E-state index contributed by atoms with van der Waals surface area (Å²) in [5, 5.41) is 0.0675. The second kappa shape index (κ2) is 5.65. The van der Waals surface area contributed by atoms with Gasteiger partial charge in [0.1, 0.15) is 11.0 Å². The molecule has 5 heteroatoms. The van der Waals surface area contributed by atoms with Gasteiger partial charge in [-0.05, 0) is 25.8 Å². The lowest BCUT2D eigenvalue weighted by molar-refractivity contribution is 0.0693. The van der Waals surface area contributed by atoms with Gasteiger partial charge in [0.15, 0.2) is 0 Å². The van der Waals surface area contributed by atoms with E-state index < -0.39 is 5.82 Å². The Labute approximate surface area is 111 Å². The number of rotatable bonds is 3. The van der Waals surface area contributed by atoms with Crippen LogP contribution in [0.25, 0.3) is 0 Å². The second-order valence-corrected chi connectivity index (χ2v) is 4.88. The average Bonchev–Trinajstić information content (AvgIpc) is 2.87. The number of halogens is 2. The first-order valence-electron chi connectivity index (χ1n) is 6.25. The topological polar surface area (TPSA) is 33.2 Å². The van der Waals surface area contributed by atoms with E-state index in [0.29, 0.717) is 6.54 Å². The standard InChI is InChI=1S/C13H16ClFN2O/c1-2-17(10-5-3-4-6-10)13(18)11-7-9(15)8-16-12(11)14/h7-8,10H,2-6H2,1H3. The Bertz CT molecular complexity index is 447. The van der Waals surface area contributed by atoms with E-state index in [1.807, 2.05) is 6.92 Å². The van der Waals surface area contributed by atoms with E-state index in [9.17, 15) is 9.18 Å². The molecule has 1 heterocycles. The molecule has 0 radical (unpaired) electrons. The highest BCUT2D eigenvalue weighted by Crippen LogP contribution is 2.26. The van der Waals surface area contributed by atoms with Crippen molar-refractivity contribution in [3.63, 3.8) is 0 Å². The van der Waals surface area contributed by atoms with Crippen LogP contribution in [0.15, 0.2) is 12.3 Å². The molecule has 0 spiro atoms. The van der Waals surface area contributed by atoms with Crippen molar-refractivity contribution in [2.45, 2.75) is 38.6 Å². The van der Waals surface area contributed by atoms with E-state index in [2.05, 4.69) is 4.98 Å². The van der Waals surface area contributed by atoms with Crippen LogP contribution in [0.4, 0.5) is 4.39 Å². The molecule has 0 aromatic carbocycles. The number of pyridine rings is 1. The Morgan fingerprint density at radius 1 is 1.56 bits per heavy atom. The van der Waals surface area contributed by atoms with Crippen LogP contribution in [0.1, 0.15) is 43.0 Å². The molecular formula is C13H16ClFN2O. The zero-order valence-corrected chi connectivity index (χ0v) is 11.1. The van der Waals surface area contributed by atoms with Gasteiger partial charge in [-0.1, -0.05) is 24.4 Å². The Morgan fingerprint density at radius 3 is 2.83 bits per heavy atom. The first-order valence-corrected chi connectivity index (χ1v) is 6.63. The number of carbonyl (C=O) groups excluding carboxylic acids is 1. The SMILES string of the molecule is CCN(C(=O)c1cc(F)cnc1Cl)C1CCCC1. The van der Waals surface area contributed by atoms with Gasteiger partial charge < -0.3 is 4.90 Å². The molecule has 2 rings (SSSR count). The fourth-order valence-corrected chi connectivity index (χ4v) is 2.70. The van der Waals surface area contributed by atoms with Crippen LogP contribution in [0.5, 0.6) is 0 Å². The normalized spacial score (nSPS) is 15.9. The van der Waals surface area contributed by atoms with Gasteiger partial charge in [-0.3, -0.25) is 4.79 Å². The molecule has 1 aromatic rings. The zero-order valence-electron chi connectivity index (χ0n) is 10.3. The Balaban J connectivity index is 2.25. The van der Waals surface area contributed by atoms with Gasteiger partial charge in [0.2, 0.25) is 0 Å². The van der Waals surface area contributed by atoms with Crippen molar-refractivity contribution in [2.75, 3.05) is 6.54 Å². The fourth-order valence-electron chi connectivity index (χ4n) is 2.51. The molecular weight excluding hydrogens is 255 g/mol. The van der Waals surface area contributed by atoms with Gasteiger partial charge in [-0.15, -0.1) is 0 Å². The minimum atomic E-state index is -0.537. The monoisotopic (exact) mass is 270 g/mol. The van der Waals surface area contributed by atoms with Crippen molar-refractivity contribution in [3.8, 4) is 0 Å². The summed E-state index contributed by atoms with van der Waals surface area (Å²) in [6.07, 6.45) is 5.33. The van der Waals surface area contributed by atoms with Crippen LogP contribution in [-0.2, 0) is 0 Å². The highest BCUT2D eigenvalue weighted by Gasteiger charge is 2.27. The third kappa shape index (κ3) is 2.64. The molecule has 0 aliphatic heterocycles. The molecule has 18 heavy (non-hydrogen) atoms. The van der Waals surface area contributed by atoms with Crippen molar-refractivity contribution in [3.05, 3.63) is 28.8 Å². The molecule has 0 unspecified atom stereocenters. The van der Waals surface area contributed by atoms with E-state index in [-0.39, 0.29) is 22.7 Å². The Kier molecular flexibility index (Phi) is 4.17. The molecule has 0 saturated heterocycles. The van der Waals surface area contributed by atoms with E-state index in [0.717, 1.165) is 37.9 Å². The highest BCUT2D eigenvalue weighted by molar-refractivity contribution is 6.32. The van der Waals surface area contributed by atoms with E-state index in [1.165, 1.54) is 0 Å². The first-order chi connectivity index (χ1) is 8.63. The van der Waals surface area contributed by atoms with Crippen LogP contribution >= 0.6 is 11.6 Å². The predicted molar refractivity (Wildman–Crippen MR) is 68.2 cm³/mol. The van der Waals surface area contributed by atoms with Crippen molar-refractivity contribution in [2.24, 2.45) is 0 Å². The summed E-state index contributed by atoms with van der Waals surface area (Å²) in [6.45, 7) is 2.53. The molecule has 0 atom stereocenters. The van der Waals surface area contributed by atoms with Crippen LogP contribution in [0.2, 0.25) is 5.15 Å². The molecule has 1 amide bonds. The lowest BCUT2D eigenvalue weighted by Crippen LogP contribution is -2.38. The number of aromatic nitrogens is 1. The fraction of sp³-hybridized carbons (Fsp3) is 0.538. The maximum absolute atomic E-state index is 13.2. The van der Waals surface area contributed by atoms with Crippen molar-refractivity contribution < 1.29 is 9.18 Å². The number of hydrogen-bond donors (Lipinski definition) is 0. The first kappa shape index (κ1) is 13.3. The predicted octanol–water partition coefficient (Wildman–Crippen LogP) is 3.28. The largest absolute Gasteiger partial charge is 0.336 e. The van der Waals surface area contributed by atoms with E-state index in [1.54, 1.807) is 4.90 Å². The lowest BCUT2D eigenvalue weighted by atomic mass is 10.1. The van der Waals surface area contributed by atoms with E-state index in [4.69, 9.17) is 11.6 Å². The molecule has 1 fully saturated rings. The molecule has 1 aliphatic carbocycles. The Morgan fingerprint density at radius 2 is 2.22 bits per heavy atom. The summed E-state index contributed by atoms with van der Waals surface area (Å²) in [5.74, 6) is -0.758. The van der Waals surface area contributed by atoms with Crippen LogP contribution in [-0.4, -0.2) is 28.4 Å². The molecule has 1 saturated carbocycles. The van der Waals surface area contributed by atoms with E-state index >= 15 is 0 Å². The lowest BCUT2D eigenvalue weighted by Gasteiger charge is -2.27. The van der Waals surface area contributed by atoms with Crippen molar-refractivity contribution in [1.29, 1.82) is 0 Å². The number of carbonyl (C=O) groups is 1. The van der Waals surface area contributed by atoms with Gasteiger partial charge in [-0.25, -0.2) is 9.37 Å². The second-order valence-electron chi connectivity index (χ2n) is 4.52. The van der Waals surface area contributed by atoms with Gasteiger partial charge in [0.05, 0.1) is 11.8 Å². The molecule has 0 N–H and O–H groups in total. The molecule has 1 aliphatic rings. The number of nitrogens with zero attached hydrogens (tertiary/aromatic N) is 2. The molecule has 1 aromatic heterocycles. The zero-order chi connectivity index (χ0) is 13.1. The maximum Gasteiger partial charge on any atom is 0.257 e. The summed E-state index contributed by atoms with van der Waals surface area (Å²) >= 11 is 5.87. The Hall–Kier alpha value is -1.16. The van der Waals surface area contributed by atoms with Crippen molar-refractivity contribution in [1.82, 2.24) is 9.88 Å². The van der Waals surface area contributed by atoms with Gasteiger partial charge in [0.25, 0.3) is 5.91 Å². The van der Waals surface area contributed by atoms with Crippen molar-refractivity contribution >= 4 is 17.5 Å². The molecule has 98 valence electrons. The molecule has 3 nitrogen and oxygen atoms in total. The summed E-state index contributed by atoms with van der Waals surface area (Å²) in [6, 6.07) is 1.41. The van der Waals surface area contributed by atoms with Crippen LogP contribution < -0.4 is 0 Å². The summed E-state index contributed by atoms with van der Waals surface area (Å²) in [7, 11) is 0. The van der Waals surface area contributed by atoms with Gasteiger partial charge >= 0.3 is 0 Å². The van der Waals surface area contributed by atoms with Gasteiger partial charge in [0, 0.05) is 12.6 Å². The van der Waals surface area contributed by atoms with Crippen LogP contribution in [0.3, 0.4) is 0 Å². The van der Waals surface area contributed by atoms with Gasteiger partial charge in [-0.2, -0.15) is 0 Å². The number of amides is 1. The average molecular weight is 271 g/mol. The minimum Gasteiger partial charge on any atom is -0.336 e. The maximum atomic E-state index is 13.2.